The van der Waals surface area contributed by atoms with Crippen molar-refractivity contribution in [2.45, 2.75) is 26.2 Å². The third-order valence-electron chi connectivity index (χ3n) is 2.94. The smallest absolute Gasteiger partial charge is 0.224 e. The van der Waals surface area contributed by atoms with E-state index in [2.05, 4.69) is 30.4 Å². The van der Waals surface area contributed by atoms with Crippen LogP contribution in [0.15, 0.2) is 48.5 Å². The molecule has 0 atom stereocenters. The van der Waals surface area contributed by atoms with Crippen LogP contribution >= 0.6 is 0 Å². The lowest BCUT2D eigenvalue weighted by Gasteiger charge is -2.07. The fraction of sp³-hybridized carbons (Fsp3) is 0.235. The molecule has 0 spiro atoms. The fourth-order valence-electron chi connectivity index (χ4n) is 1.90. The minimum absolute atomic E-state index is 0.0586. The molecule has 2 aromatic rings. The molecule has 97 valence electrons. The summed E-state index contributed by atoms with van der Waals surface area (Å²) in [6, 6.07) is 19.0. The molecule has 0 bridgehead atoms. The van der Waals surface area contributed by atoms with Crippen molar-refractivity contribution in [1.29, 1.82) is 0 Å². The van der Waals surface area contributed by atoms with Gasteiger partial charge < -0.3 is 5.32 Å². The second kappa shape index (κ2) is 6.74. The van der Waals surface area contributed by atoms with Gasteiger partial charge in [0, 0.05) is 18.2 Å². The lowest BCUT2D eigenvalue weighted by atomic mass is 10.1. The van der Waals surface area contributed by atoms with Gasteiger partial charge in [0.1, 0.15) is 0 Å². The van der Waals surface area contributed by atoms with Crippen molar-refractivity contribution < 1.29 is 4.79 Å². The van der Waals surface area contributed by atoms with E-state index in [0.717, 1.165) is 29.7 Å². The maximum Gasteiger partial charge on any atom is 0.224 e. The van der Waals surface area contributed by atoms with Crippen molar-refractivity contribution in [3.8, 4) is 11.1 Å². The average molecular weight is 252 g/mol. The first kappa shape index (κ1) is 13.3. The van der Waals surface area contributed by atoms with E-state index in [9.17, 15) is 4.79 Å². The summed E-state index contributed by atoms with van der Waals surface area (Å²) in [5.41, 5.74) is 2.97. The van der Waals surface area contributed by atoms with E-state index in [4.69, 9.17) is 0 Å². The molecule has 0 aliphatic rings. The predicted molar refractivity (Wildman–Crippen MR) is 78.9 cm³/mol. The number of hydrogen-bond donors (Lipinski definition) is 1. The van der Waals surface area contributed by atoms with Gasteiger partial charge in [-0.2, -0.15) is 0 Å². The molecule has 0 fully saturated rings. The predicted octanol–water partition coefficient (Wildman–Crippen LogP) is 4.28. The highest BCUT2D eigenvalue weighted by molar-refractivity contribution is 5.91. The lowest BCUT2D eigenvalue weighted by molar-refractivity contribution is -0.116. The number of benzene rings is 2. The van der Waals surface area contributed by atoms with E-state index in [1.807, 2.05) is 36.4 Å². The van der Waals surface area contributed by atoms with Gasteiger partial charge in [0.25, 0.3) is 0 Å². The van der Waals surface area contributed by atoms with Gasteiger partial charge in [0.05, 0.1) is 0 Å². The van der Waals surface area contributed by atoms with Crippen molar-refractivity contribution in [3.63, 3.8) is 0 Å². The Labute approximate surface area is 114 Å². The molecule has 2 heteroatoms. The van der Waals surface area contributed by atoms with Crippen LogP contribution in [0.25, 0.3) is 11.1 Å². The monoisotopic (exact) mass is 252 g/mol. The molecule has 1 amide bonds. The molecule has 19 heavy (non-hydrogen) atoms. The van der Waals surface area contributed by atoms with Gasteiger partial charge in [-0.1, -0.05) is 55.8 Å². The summed E-state index contributed by atoms with van der Waals surface area (Å²) < 4.78 is 0. The number of carbonyl (C=O) groups excluding carboxylic acids is 1. The third-order valence-corrected chi connectivity index (χ3v) is 2.94. The Morgan fingerprint density at radius 3 is 2.68 bits per heavy atom. The first-order valence-corrected chi connectivity index (χ1v) is 6.66. The van der Waals surface area contributed by atoms with E-state index in [-0.39, 0.29) is 5.91 Å². The Hall–Kier alpha value is -2.09. The molecule has 2 rings (SSSR count). The maximum absolute atomic E-state index is 11.7. The molecule has 0 heterocycles. The van der Waals surface area contributed by atoms with Gasteiger partial charge >= 0.3 is 0 Å². The van der Waals surface area contributed by atoms with Crippen LogP contribution in [0.1, 0.15) is 26.2 Å². The number of carbonyl (C=O) groups is 1. The van der Waals surface area contributed by atoms with Crippen molar-refractivity contribution >= 4 is 11.6 Å². The summed E-state index contributed by atoms with van der Waals surface area (Å²) in [6.07, 6.45) is 2.52. The van der Waals surface area contributed by atoms with Crippen LogP contribution in [-0.2, 0) is 4.79 Å². The highest BCUT2D eigenvalue weighted by atomic mass is 16.1. The molecule has 0 aliphatic heterocycles. The van der Waals surface area contributed by atoms with E-state index in [1.165, 1.54) is 0 Å². The average Bonchev–Trinajstić information content (AvgIpc) is 2.46. The summed E-state index contributed by atoms with van der Waals surface area (Å²) in [4.78, 5) is 11.7. The van der Waals surface area contributed by atoms with Crippen LogP contribution in [0.2, 0.25) is 0 Å². The molecule has 0 aliphatic carbocycles. The van der Waals surface area contributed by atoms with Gasteiger partial charge in [-0.15, -0.1) is 0 Å². The summed E-state index contributed by atoms with van der Waals surface area (Å²) in [7, 11) is 0. The zero-order chi connectivity index (χ0) is 13.5. The van der Waals surface area contributed by atoms with Crippen molar-refractivity contribution in [2.75, 3.05) is 5.32 Å². The minimum Gasteiger partial charge on any atom is -0.325 e. The second-order valence-corrected chi connectivity index (χ2v) is 4.51. The summed E-state index contributed by atoms with van der Waals surface area (Å²) in [5, 5.41) is 2.89. The standard InChI is InChI=1S/C17H18NO/c1-2-3-12-17(19)18-16-11-7-10-15(13-16)14-8-5-4-6-9-14/h4-10,13H,2-3,12H2,1H3,(H,18,19). The van der Waals surface area contributed by atoms with Crippen molar-refractivity contribution in [1.82, 2.24) is 0 Å². The van der Waals surface area contributed by atoms with E-state index in [0.29, 0.717) is 6.42 Å². The van der Waals surface area contributed by atoms with Gasteiger partial charge in [0.15, 0.2) is 0 Å². The molecule has 0 unspecified atom stereocenters. The van der Waals surface area contributed by atoms with E-state index < -0.39 is 0 Å². The molecule has 2 nitrogen and oxygen atoms in total. The molecular weight excluding hydrogens is 234 g/mol. The largest absolute Gasteiger partial charge is 0.325 e. The molecule has 0 saturated heterocycles. The van der Waals surface area contributed by atoms with Gasteiger partial charge in [-0.25, -0.2) is 0 Å². The Kier molecular flexibility index (Phi) is 4.73. The molecule has 1 radical (unpaired) electrons. The van der Waals surface area contributed by atoms with Crippen molar-refractivity contribution in [2.24, 2.45) is 0 Å². The Morgan fingerprint density at radius 2 is 1.95 bits per heavy atom. The molecule has 0 saturated carbocycles. The zero-order valence-corrected chi connectivity index (χ0v) is 11.1. The normalized spacial score (nSPS) is 10.2. The van der Waals surface area contributed by atoms with Crippen LogP contribution in [0.5, 0.6) is 0 Å². The zero-order valence-electron chi connectivity index (χ0n) is 11.1. The number of amides is 1. The highest BCUT2D eigenvalue weighted by Crippen LogP contribution is 2.22. The van der Waals surface area contributed by atoms with E-state index in [1.54, 1.807) is 0 Å². The topological polar surface area (TPSA) is 29.1 Å². The highest BCUT2D eigenvalue weighted by Gasteiger charge is 2.03. The minimum atomic E-state index is 0.0586. The van der Waals surface area contributed by atoms with Gasteiger partial charge in [-0.05, 0) is 23.6 Å². The van der Waals surface area contributed by atoms with Crippen LogP contribution in [-0.4, -0.2) is 5.91 Å². The first-order chi connectivity index (χ1) is 9.29. The third kappa shape index (κ3) is 3.95. The summed E-state index contributed by atoms with van der Waals surface area (Å²) >= 11 is 0. The quantitative estimate of drug-likeness (QED) is 0.845. The van der Waals surface area contributed by atoms with Crippen LogP contribution in [0.3, 0.4) is 0 Å². The Balaban J connectivity index is 2.10. The molecule has 2 aromatic carbocycles. The molecular formula is C17H18NO. The van der Waals surface area contributed by atoms with E-state index >= 15 is 0 Å². The number of rotatable bonds is 5. The maximum atomic E-state index is 11.7. The molecule has 1 N–H and O–H groups in total. The second-order valence-electron chi connectivity index (χ2n) is 4.51. The summed E-state index contributed by atoms with van der Waals surface area (Å²) in [6.45, 7) is 2.08. The lowest BCUT2D eigenvalue weighted by Crippen LogP contribution is -2.10. The number of unbranched alkanes of at least 4 members (excludes halogenated alkanes) is 1. The van der Waals surface area contributed by atoms with Gasteiger partial charge in [0.2, 0.25) is 5.91 Å². The van der Waals surface area contributed by atoms with Crippen LogP contribution < -0.4 is 5.32 Å². The van der Waals surface area contributed by atoms with Crippen LogP contribution in [0, 0.1) is 6.07 Å². The summed E-state index contributed by atoms with van der Waals surface area (Å²) in [5.74, 6) is 0.0586. The number of nitrogens with one attached hydrogen (secondary N) is 1. The van der Waals surface area contributed by atoms with Gasteiger partial charge in [-0.3, -0.25) is 4.79 Å². The van der Waals surface area contributed by atoms with Crippen LogP contribution in [0.4, 0.5) is 5.69 Å². The van der Waals surface area contributed by atoms with Crippen molar-refractivity contribution in [3.05, 3.63) is 54.6 Å². The fourth-order valence-corrected chi connectivity index (χ4v) is 1.90. The Morgan fingerprint density at radius 1 is 1.16 bits per heavy atom. The number of hydrogen-bond acceptors (Lipinski definition) is 1. The SMILES string of the molecule is CCCCC(=O)Nc1[c]ccc(-c2ccccc2)c1. The molecule has 0 aromatic heterocycles. The number of anilines is 1. The first-order valence-electron chi connectivity index (χ1n) is 6.66. The Bertz CT molecular complexity index is 534.